The highest BCUT2D eigenvalue weighted by molar-refractivity contribution is 9.10. The molecule has 5 rings (SSSR count). The van der Waals surface area contributed by atoms with E-state index in [1.807, 2.05) is 18.2 Å². The predicted molar refractivity (Wildman–Crippen MR) is 148 cm³/mol. The number of halogens is 1. The number of nitrogens with zero attached hydrogens (tertiary/aromatic N) is 4. The van der Waals surface area contributed by atoms with Crippen molar-refractivity contribution >= 4 is 55.4 Å². The van der Waals surface area contributed by atoms with Gasteiger partial charge in [-0.05, 0) is 42.8 Å². The third-order valence-electron chi connectivity index (χ3n) is 5.74. The highest BCUT2D eigenvalue weighted by Gasteiger charge is 2.34. The zero-order valence-electron chi connectivity index (χ0n) is 21.1. The lowest BCUT2D eigenvalue weighted by molar-refractivity contribution is -0.134. The summed E-state index contributed by atoms with van der Waals surface area (Å²) in [6.45, 7) is 3.77. The molecule has 1 N–H and O–H groups in total. The fraction of sp³-hybridized carbons (Fsp3) is 0.269. The van der Waals surface area contributed by atoms with Gasteiger partial charge in [-0.15, -0.1) is 5.10 Å². The Morgan fingerprint density at radius 3 is 2.45 bits per heavy atom. The number of anilines is 1. The number of hydrogen-bond acceptors (Lipinski definition) is 8. The topological polar surface area (TPSA) is 123 Å². The number of carbonyl (C=O) groups excluding carboxylic acids is 1. The Labute approximate surface area is 230 Å². The van der Waals surface area contributed by atoms with Crippen LogP contribution >= 0.6 is 27.3 Å². The number of hydrogen-bond donors (Lipinski definition) is 1. The molecule has 1 aliphatic heterocycles. The molecule has 3 heterocycles. The zero-order valence-corrected chi connectivity index (χ0v) is 23.6. The number of ether oxygens (including phenoxy) is 2. The van der Waals surface area contributed by atoms with Gasteiger partial charge in [0.15, 0.2) is 17.3 Å². The van der Waals surface area contributed by atoms with Crippen LogP contribution in [0, 0.1) is 0 Å². The lowest BCUT2D eigenvalue weighted by atomic mass is 10.1. The molecule has 0 saturated carbocycles. The van der Waals surface area contributed by atoms with Gasteiger partial charge < -0.3 is 19.5 Å². The number of unbranched alkanes of at least 4 members (excludes halogenated alkanes) is 1. The number of benzene rings is 2. The Morgan fingerprint density at radius 2 is 1.82 bits per heavy atom. The second-order valence-electron chi connectivity index (χ2n) is 8.30. The molecular formula is C26H25BrN4O6S. The molecule has 1 aliphatic rings. The van der Waals surface area contributed by atoms with Gasteiger partial charge in [-0.1, -0.05) is 40.6 Å². The Balaban J connectivity index is 0.000000786. The number of aliphatic carboxylic acids is 1. The molecule has 2 aromatic carbocycles. The number of carbonyl (C=O) groups is 2. The maximum Gasteiger partial charge on any atom is 0.300 e. The maximum atomic E-state index is 13.4. The van der Waals surface area contributed by atoms with Crippen molar-refractivity contribution in [2.24, 2.45) is 0 Å². The number of carboxylic acids is 1. The second-order valence-corrected chi connectivity index (χ2v) is 10.2. The van der Waals surface area contributed by atoms with Crippen LogP contribution in [0.4, 0.5) is 5.69 Å². The SMILES string of the molecule is CC(=O)O.CCCCN1C(=O)/C(=c2\sc3nc(-c4ccc(OC)c(OC)c4)nn3c2=O)c2cc(Br)ccc21. The van der Waals surface area contributed by atoms with Crippen molar-refractivity contribution in [1.29, 1.82) is 0 Å². The Bertz CT molecular complexity index is 1640. The molecule has 10 nitrogen and oxygen atoms in total. The summed E-state index contributed by atoms with van der Waals surface area (Å²) in [5, 5.41) is 11.8. The number of thiazole rings is 1. The number of carboxylic acid groups (broad SMARTS) is 1. The van der Waals surface area contributed by atoms with Crippen LogP contribution in [0.5, 0.6) is 11.5 Å². The van der Waals surface area contributed by atoms with Crippen LogP contribution in [0.25, 0.3) is 21.9 Å². The molecule has 198 valence electrons. The van der Waals surface area contributed by atoms with Crippen LogP contribution in [-0.2, 0) is 9.59 Å². The first kappa shape index (κ1) is 27.3. The summed E-state index contributed by atoms with van der Waals surface area (Å²) in [5.41, 5.74) is 2.31. The van der Waals surface area contributed by atoms with E-state index in [0.717, 1.165) is 35.5 Å². The summed E-state index contributed by atoms with van der Waals surface area (Å²) in [6, 6.07) is 11.0. The van der Waals surface area contributed by atoms with Crippen LogP contribution in [0.3, 0.4) is 0 Å². The highest BCUT2D eigenvalue weighted by atomic mass is 79.9. The molecule has 0 atom stereocenters. The van der Waals surface area contributed by atoms with E-state index in [4.69, 9.17) is 19.4 Å². The van der Waals surface area contributed by atoms with E-state index < -0.39 is 5.97 Å². The molecule has 0 saturated heterocycles. The quantitative estimate of drug-likeness (QED) is 0.355. The fourth-order valence-corrected chi connectivity index (χ4v) is 5.40. The summed E-state index contributed by atoms with van der Waals surface area (Å²) < 4.78 is 13.1. The Morgan fingerprint density at radius 1 is 1.11 bits per heavy atom. The molecule has 38 heavy (non-hydrogen) atoms. The zero-order chi connectivity index (χ0) is 27.6. The van der Waals surface area contributed by atoms with E-state index in [0.29, 0.717) is 44.5 Å². The molecule has 0 radical (unpaired) electrons. The van der Waals surface area contributed by atoms with Gasteiger partial charge in [-0.2, -0.15) is 9.50 Å². The Hall–Kier alpha value is -3.77. The van der Waals surface area contributed by atoms with Crippen molar-refractivity contribution in [3.05, 3.63) is 61.3 Å². The van der Waals surface area contributed by atoms with Gasteiger partial charge in [-0.25, -0.2) is 0 Å². The van der Waals surface area contributed by atoms with Crippen LogP contribution < -0.4 is 24.5 Å². The van der Waals surface area contributed by atoms with Gasteiger partial charge in [0.2, 0.25) is 4.96 Å². The first-order valence-corrected chi connectivity index (χ1v) is 13.3. The molecule has 1 amide bonds. The Kier molecular flexibility index (Phi) is 8.12. The minimum absolute atomic E-state index is 0.164. The number of methoxy groups -OCH3 is 2. The molecule has 0 unspecified atom stereocenters. The number of aromatic nitrogens is 3. The number of fused-ring (bicyclic) bond motifs is 2. The monoisotopic (exact) mass is 600 g/mol. The summed E-state index contributed by atoms with van der Waals surface area (Å²) in [6.07, 6.45) is 1.84. The lowest BCUT2D eigenvalue weighted by Gasteiger charge is -2.16. The van der Waals surface area contributed by atoms with E-state index in [-0.39, 0.29) is 11.5 Å². The van der Waals surface area contributed by atoms with Gasteiger partial charge in [0.25, 0.3) is 17.4 Å². The molecule has 0 aliphatic carbocycles. The van der Waals surface area contributed by atoms with Crippen molar-refractivity contribution in [2.75, 3.05) is 25.7 Å². The summed E-state index contributed by atoms with van der Waals surface area (Å²) in [4.78, 5) is 42.5. The minimum Gasteiger partial charge on any atom is -0.493 e. The van der Waals surface area contributed by atoms with Crippen LogP contribution in [0.15, 0.2) is 45.7 Å². The second kappa shape index (κ2) is 11.3. The first-order valence-electron chi connectivity index (χ1n) is 11.7. The molecule has 0 spiro atoms. The van der Waals surface area contributed by atoms with Crippen LogP contribution in [0.2, 0.25) is 0 Å². The molecule has 4 aromatic rings. The van der Waals surface area contributed by atoms with Gasteiger partial charge in [0, 0.05) is 29.1 Å². The van der Waals surface area contributed by atoms with E-state index >= 15 is 0 Å². The fourth-order valence-electron chi connectivity index (χ4n) is 4.04. The molecule has 2 aromatic heterocycles. The predicted octanol–water partition coefficient (Wildman–Crippen LogP) is 3.75. The maximum absolute atomic E-state index is 13.4. The average molecular weight is 601 g/mol. The summed E-state index contributed by atoms with van der Waals surface area (Å²) >= 11 is 4.67. The van der Waals surface area contributed by atoms with Gasteiger partial charge in [-0.3, -0.25) is 14.4 Å². The standard InChI is InChI=1S/C24H21BrN4O4S.C2H4O2/c1-4-5-10-28-16-8-7-14(25)12-15(16)19(22(28)30)20-23(31)29-24(34-20)26-21(27-29)13-6-9-17(32-2)18(11-13)33-3;1-2(3)4/h6-9,11-12H,4-5,10H2,1-3H3;1H3,(H,3,4)/b20-19-;. The third-order valence-corrected chi connectivity index (χ3v) is 7.26. The lowest BCUT2D eigenvalue weighted by Crippen LogP contribution is -2.33. The van der Waals surface area contributed by atoms with Crippen molar-refractivity contribution in [3.8, 4) is 22.9 Å². The minimum atomic E-state index is -0.833. The molecule has 12 heteroatoms. The average Bonchev–Trinajstić information content (AvgIpc) is 3.52. The first-order chi connectivity index (χ1) is 18.2. The number of amides is 1. The normalized spacial score (nSPS) is 13.8. The van der Waals surface area contributed by atoms with Gasteiger partial charge in [0.1, 0.15) is 4.53 Å². The van der Waals surface area contributed by atoms with Crippen molar-refractivity contribution in [1.82, 2.24) is 14.6 Å². The van der Waals surface area contributed by atoms with E-state index in [2.05, 4.69) is 32.9 Å². The van der Waals surface area contributed by atoms with Crippen molar-refractivity contribution in [3.63, 3.8) is 0 Å². The van der Waals surface area contributed by atoms with E-state index in [1.165, 1.54) is 15.9 Å². The molecule has 0 bridgehead atoms. The van der Waals surface area contributed by atoms with E-state index in [1.54, 1.807) is 37.3 Å². The van der Waals surface area contributed by atoms with Gasteiger partial charge >= 0.3 is 0 Å². The smallest absolute Gasteiger partial charge is 0.300 e. The number of rotatable bonds is 6. The van der Waals surface area contributed by atoms with Gasteiger partial charge in [0.05, 0.1) is 25.5 Å². The molecular weight excluding hydrogens is 576 g/mol. The van der Waals surface area contributed by atoms with E-state index in [9.17, 15) is 9.59 Å². The van der Waals surface area contributed by atoms with Crippen molar-refractivity contribution < 1.29 is 24.2 Å². The van der Waals surface area contributed by atoms with Crippen LogP contribution in [-0.4, -0.2) is 52.3 Å². The molecule has 0 fully saturated rings. The van der Waals surface area contributed by atoms with Crippen molar-refractivity contribution in [2.45, 2.75) is 26.7 Å². The third kappa shape index (κ3) is 5.14. The van der Waals surface area contributed by atoms with Crippen LogP contribution in [0.1, 0.15) is 32.3 Å². The summed E-state index contributed by atoms with van der Waals surface area (Å²) in [5.74, 6) is 0.532. The highest BCUT2D eigenvalue weighted by Crippen LogP contribution is 2.37. The summed E-state index contributed by atoms with van der Waals surface area (Å²) in [7, 11) is 3.12. The largest absolute Gasteiger partial charge is 0.493 e.